The van der Waals surface area contributed by atoms with Gasteiger partial charge in [-0.15, -0.1) is 0 Å². The number of carboxylic acid groups (broad SMARTS) is 1. The molecule has 1 heterocycles. The van der Waals surface area contributed by atoms with Crippen molar-refractivity contribution in [2.75, 3.05) is 25.7 Å². The van der Waals surface area contributed by atoms with Crippen LogP contribution in [0.15, 0.2) is 18.2 Å². The molecule has 1 aromatic carbocycles. The number of thioether (sulfide) groups is 1. The van der Waals surface area contributed by atoms with Gasteiger partial charge in [0.15, 0.2) is 11.5 Å². The van der Waals surface area contributed by atoms with Crippen LogP contribution in [0.3, 0.4) is 0 Å². The normalized spacial score (nSPS) is 16.4. The van der Waals surface area contributed by atoms with Crippen molar-refractivity contribution in [2.45, 2.75) is 24.8 Å². The summed E-state index contributed by atoms with van der Waals surface area (Å²) >= 11 is 1.71. The summed E-state index contributed by atoms with van der Waals surface area (Å²) in [5, 5.41) is 12.2. The Kier molecular flexibility index (Phi) is 5.76. The maximum atomic E-state index is 12.3. The van der Waals surface area contributed by atoms with Crippen molar-refractivity contribution in [3.8, 4) is 11.5 Å². The highest BCUT2D eigenvalue weighted by Crippen LogP contribution is 2.29. The van der Waals surface area contributed by atoms with E-state index in [9.17, 15) is 14.7 Å². The van der Waals surface area contributed by atoms with Gasteiger partial charge in [0.2, 0.25) is 5.91 Å². The minimum absolute atomic E-state index is 0.0997. The number of carbonyl (C=O) groups excluding carboxylic acids is 1. The summed E-state index contributed by atoms with van der Waals surface area (Å²) in [6.07, 6.45) is 0.998. The van der Waals surface area contributed by atoms with Crippen LogP contribution in [0.1, 0.15) is 18.4 Å². The molecule has 1 aliphatic heterocycles. The quantitative estimate of drug-likeness (QED) is 0.821. The molecule has 1 aliphatic rings. The molecule has 7 heteroatoms. The minimum Gasteiger partial charge on any atom is -0.493 e. The minimum atomic E-state index is -1.14. The van der Waals surface area contributed by atoms with Crippen LogP contribution < -0.4 is 14.8 Å². The molecule has 1 aromatic rings. The van der Waals surface area contributed by atoms with Crippen LogP contribution in [-0.4, -0.2) is 48.2 Å². The van der Waals surface area contributed by atoms with Crippen LogP contribution in [0.5, 0.6) is 11.5 Å². The highest BCUT2D eigenvalue weighted by atomic mass is 32.2. The van der Waals surface area contributed by atoms with Gasteiger partial charge in [-0.1, -0.05) is 6.07 Å². The van der Waals surface area contributed by atoms with Crippen molar-refractivity contribution >= 4 is 23.6 Å². The number of benzene rings is 1. The Bertz CT molecular complexity index is 584. The van der Waals surface area contributed by atoms with Crippen molar-refractivity contribution in [3.63, 3.8) is 0 Å². The maximum Gasteiger partial charge on any atom is 0.329 e. The number of rotatable bonds is 6. The number of hydrogen-bond acceptors (Lipinski definition) is 5. The Balaban J connectivity index is 2.08. The molecule has 6 nitrogen and oxygen atoms in total. The van der Waals surface area contributed by atoms with Crippen molar-refractivity contribution in [1.82, 2.24) is 5.32 Å². The largest absolute Gasteiger partial charge is 0.493 e. The van der Waals surface area contributed by atoms with Gasteiger partial charge in [-0.3, -0.25) is 4.79 Å². The molecule has 0 atom stereocenters. The van der Waals surface area contributed by atoms with E-state index in [2.05, 4.69) is 5.32 Å². The Morgan fingerprint density at radius 1 is 1.22 bits per heavy atom. The first-order chi connectivity index (χ1) is 11.0. The zero-order valence-electron chi connectivity index (χ0n) is 13.3. The van der Waals surface area contributed by atoms with E-state index in [1.807, 2.05) is 0 Å². The second kappa shape index (κ2) is 7.59. The fourth-order valence-corrected chi connectivity index (χ4v) is 3.79. The summed E-state index contributed by atoms with van der Waals surface area (Å²) < 4.78 is 10.4. The molecule has 0 spiro atoms. The van der Waals surface area contributed by atoms with Gasteiger partial charge in [-0.2, -0.15) is 11.8 Å². The molecule has 0 aliphatic carbocycles. The fraction of sp³-hybridized carbons (Fsp3) is 0.500. The van der Waals surface area contributed by atoms with Crippen molar-refractivity contribution < 1.29 is 24.2 Å². The van der Waals surface area contributed by atoms with Crippen molar-refractivity contribution in [2.24, 2.45) is 0 Å². The Labute approximate surface area is 139 Å². The fourth-order valence-electron chi connectivity index (χ4n) is 2.60. The van der Waals surface area contributed by atoms with Crippen molar-refractivity contribution in [3.05, 3.63) is 23.8 Å². The van der Waals surface area contributed by atoms with Crippen LogP contribution >= 0.6 is 11.8 Å². The Morgan fingerprint density at radius 2 is 1.87 bits per heavy atom. The van der Waals surface area contributed by atoms with E-state index in [0.717, 1.165) is 17.1 Å². The van der Waals surface area contributed by atoms with Crippen LogP contribution in [-0.2, 0) is 16.0 Å². The van der Waals surface area contributed by atoms with Gasteiger partial charge in [0, 0.05) is 0 Å². The number of hydrogen-bond donors (Lipinski definition) is 2. The third-order valence-corrected chi connectivity index (χ3v) is 4.93. The summed E-state index contributed by atoms with van der Waals surface area (Å²) in [4.78, 5) is 23.9. The molecule has 126 valence electrons. The Morgan fingerprint density at radius 3 is 2.43 bits per heavy atom. The number of ether oxygens (including phenoxy) is 2. The molecule has 23 heavy (non-hydrogen) atoms. The molecular weight excluding hydrogens is 318 g/mol. The second-order valence-electron chi connectivity index (χ2n) is 5.41. The average Bonchev–Trinajstić information content (AvgIpc) is 2.55. The van der Waals surface area contributed by atoms with E-state index in [-0.39, 0.29) is 12.3 Å². The molecule has 1 saturated heterocycles. The predicted molar refractivity (Wildman–Crippen MR) is 88.3 cm³/mol. The number of carboxylic acids is 1. The molecule has 0 unspecified atom stereocenters. The third-order valence-electron chi connectivity index (χ3n) is 3.95. The van der Waals surface area contributed by atoms with Crippen molar-refractivity contribution in [1.29, 1.82) is 0 Å². The van der Waals surface area contributed by atoms with Gasteiger partial charge in [-0.25, -0.2) is 4.79 Å². The standard InChI is InChI=1S/C16H21NO5S/c1-21-12-4-3-11(9-13(12)22-2)10-14(18)17-16(15(19)20)5-7-23-8-6-16/h3-4,9H,5-8,10H2,1-2H3,(H,17,18)(H,19,20). The van der Waals surface area contributed by atoms with E-state index in [1.54, 1.807) is 37.1 Å². The van der Waals surface area contributed by atoms with E-state index in [0.29, 0.717) is 24.3 Å². The topological polar surface area (TPSA) is 84.9 Å². The van der Waals surface area contributed by atoms with Gasteiger partial charge in [0.05, 0.1) is 20.6 Å². The molecular formula is C16H21NO5S. The first-order valence-corrected chi connectivity index (χ1v) is 8.49. The summed E-state index contributed by atoms with van der Waals surface area (Å²) in [5.41, 5.74) is -0.398. The first kappa shape index (κ1) is 17.5. The lowest BCUT2D eigenvalue weighted by molar-refractivity contribution is -0.148. The van der Waals surface area contributed by atoms with Gasteiger partial charge >= 0.3 is 5.97 Å². The third kappa shape index (κ3) is 4.10. The lowest BCUT2D eigenvalue weighted by Crippen LogP contribution is -2.56. The molecule has 0 bridgehead atoms. The van der Waals surface area contributed by atoms with Crippen LogP contribution in [0.25, 0.3) is 0 Å². The average molecular weight is 339 g/mol. The summed E-state index contributed by atoms with van der Waals surface area (Å²) in [5.74, 6) is 1.35. The zero-order chi connectivity index (χ0) is 16.9. The summed E-state index contributed by atoms with van der Waals surface area (Å²) in [6.45, 7) is 0. The number of amides is 1. The van der Waals surface area contributed by atoms with E-state index < -0.39 is 11.5 Å². The number of methoxy groups -OCH3 is 2. The molecule has 0 radical (unpaired) electrons. The maximum absolute atomic E-state index is 12.3. The molecule has 2 N–H and O–H groups in total. The highest BCUT2D eigenvalue weighted by Gasteiger charge is 2.41. The lowest BCUT2D eigenvalue weighted by Gasteiger charge is -2.33. The number of carbonyl (C=O) groups is 2. The first-order valence-electron chi connectivity index (χ1n) is 7.34. The van der Waals surface area contributed by atoms with Gasteiger partial charge in [0.1, 0.15) is 5.54 Å². The van der Waals surface area contributed by atoms with E-state index >= 15 is 0 Å². The van der Waals surface area contributed by atoms with Gasteiger partial charge < -0.3 is 19.9 Å². The molecule has 0 aromatic heterocycles. The molecule has 1 fully saturated rings. The molecule has 2 rings (SSSR count). The van der Waals surface area contributed by atoms with Gasteiger partial charge in [-0.05, 0) is 42.0 Å². The predicted octanol–water partition coefficient (Wildman–Crippen LogP) is 1.71. The van der Waals surface area contributed by atoms with Crippen LogP contribution in [0, 0.1) is 0 Å². The van der Waals surface area contributed by atoms with Gasteiger partial charge in [0.25, 0.3) is 0 Å². The van der Waals surface area contributed by atoms with Crippen LogP contribution in [0.2, 0.25) is 0 Å². The highest BCUT2D eigenvalue weighted by molar-refractivity contribution is 7.99. The number of nitrogens with one attached hydrogen (secondary N) is 1. The van der Waals surface area contributed by atoms with Crippen LogP contribution in [0.4, 0.5) is 0 Å². The lowest BCUT2D eigenvalue weighted by atomic mass is 9.92. The summed E-state index contributed by atoms with van der Waals surface area (Å²) in [7, 11) is 3.07. The molecule has 0 saturated carbocycles. The van der Waals surface area contributed by atoms with E-state index in [1.165, 1.54) is 7.11 Å². The van der Waals surface area contributed by atoms with E-state index in [4.69, 9.17) is 9.47 Å². The second-order valence-corrected chi connectivity index (χ2v) is 6.64. The SMILES string of the molecule is COc1ccc(CC(=O)NC2(C(=O)O)CCSCC2)cc1OC. The molecule has 1 amide bonds. The Hall–Kier alpha value is -1.89. The zero-order valence-corrected chi connectivity index (χ0v) is 14.1. The smallest absolute Gasteiger partial charge is 0.329 e. The number of aliphatic carboxylic acids is 1. The monoisotopic (exact) mass is 339 g/mol. The summed E-state index contributed by atoms with van der Waals surface area (Å²) in [6, 6.07) is 5.22.